The first-order chi connectivity index (χ1) is 11.0. The third kappa shape index (κ3) is 3.47. The standard InChI is InChI=1S/C16H10Cl2N2O3/c17-12-5-4-9(7-13(12)18)14-8-19-15(23-14)10-2-1-3-11(6-10)20-16(21)22/h1-8,20H,(H,21,22). The fourth-order valence-electron chi connectivity index (χ4n) is 2.04. The molecule has 0 fully saturated rings. The maximum absolute atomic E-state index is 10.7. The Labute approximate surface area is 141 Å². The molecule has 1 aromatic heterocycles. The molecular formula is C16H10Cl2N2O3. The number of oxazole rings is 1. The molecule has 5 nitrogen and oxygen atoms in total. The predicted octanol–water partition coefficient (Wildman–Crippen LogP) is 5.41. The average molecular weight is 349 g/mol. The van der Waals surface area contributed by atoms with Crippen molar-refractivity contribution in [3.63, 3.8) is 0 Å². The summed E-state index contributed by atoms with van der Waals surface area (Å²) in [4.78, 5) is 14.9. The lowest BCUT2D eigenvalue weighted by Gasteiger charge is -2.02. The van der Waals surface area contributed by atoms with Crippen LogP contribution in [0.4, 0.5) is 10.5 Å². The maximum atomic E-state index is 10.7. The summed E-state index contributed by atoms with van der Waals surface area (Å²) in [6, 6.07) is 11.9. The SMILES string of the molecule is O=C(O)Nc1cccc(-c2ncc(-c3ccc(Cl)c(Cl)c3)o2)c1. The Morgan fingerprint density at radius 3 is 2.65 bits per heavy atom. The number of nitrogens with one attached hydrogen (secondary N) is 1. The highest BCUT2D eigenvalue weighted by atomic mass is 35.5. The number of nitrogens with zero attached hydrogens (tertiary/aromatic N) is 1. The number of carbonyl (C=O) groups is 1. The predicted molar refractivity (Wildman–Crippen MR) is 89.0 cm³/mol. The van der Waals surface area contributed by atoms with Crippen molar-refractivity contribution in [2.24, 2.45) is 0 Å². The van der Waals surface area contributed by atoms with Crippen molar-refractivity contribution in [2.75, 3.05) is 5.32 Å². The second-order valence-electron chi connectivity index (χ2n) is 4.67. The molecule has 0 bridgehead atoms. The number of hydrogen-bond donors (Lipinski definition) is 2. The lowest BCUT2D eigenvalue weighted by atomic mass is 10.2. The van der Waals surface area contributed by atoms with E-state index in [4.69, 9.17) is 32.7 Å². The monoisotopic (exact) mass is 348 g/mol. The Bertz CT molecular complexity index is 877. The Morgan fingerprint density at radius 2 is 1.91 bits per heavy atom. The molecule has 0 spiro atoms. The number of carboxylic acid groups (broad SMARTS) is 1. The molecular weight excluding hydrogens is 339 g/mol. The first-order valence-corrected chi connectivity index (χ1v) is 7.30. The molecule has 0 unspecified atom stereocenters. The van der Waals surface area contributed by atoms with E-state index >= 15 is 0 Å². The number of halogens is 2. The van der Waals surface area contributed by atoms with E-state index < -0.39 is 6.09 Å². The molecule has 3 rings (SSSR count). The summed E-state index contributed by atoms with van der Waals surface area (Å²) < 4.78 is 5.72. The molecule has 0 atom stereocenters. The summed E-state index contributed by atoms with van der Waals surface area (Å²) in [7, 11) is 0. The fourth-order valence-corrected chi connectivity index (χ4v) is 2.34. The Balaban J connectivity index is 1.92. The van der Waals surface area contributed by atoms with Gasteiger partial charge in [0, 0.05) is 16.8 Å². The third-order valence-corrected chi connectivity index (χ3v) is 3.81. The molecule has 0 aliphatic carbocycles. The van der Waals surface area contributed by atoms with Crippen LogP contribution in [0.1, 0.15) is 0 Å². The van der Waals surface area contributed by atoms with Crippen molar-refractivity contribution in [1.29, 1.82) is 0 Å². The summed E-state index contributed by atoms with van der Waals surface area (Å²) in [5, 5.41) is 11.9. The van der Waals surface area contributed by atoms with Crippen LogP contribution in [0, 0.1) is 0 Å². The minimum Gasteiger partial charge on any atom is -0.465 e. The average Bonchev–Trinajstić information content (AvgIpc) is 2.99. The highest BCUT2D eigenvalue weighted by Gasteiger charge is 2.11. The van der Waals surface area contributed by atoms with E-state index in [9.17, 15) is 4.79 Å². The van der Waals surface area contributed by atoms with Crippen LogP contribution < -0.4 is 5.32 Å². The van der Waals surface area contributed by atoms with Gasteiger partial charge in [0.15, 0.2) is 5.76 Å². The summed E-state index contributed by atoms with van der Waals surface area (Å²) in [6.07, 6.45) is 0.442. The van der Waals surface area contributed by atoms with Crippen LogP contribution in [-0.2, 0) is 0 Å². The van der Waals surface area contributed by atoms with Crippen molar-refractivity contribution in [3.05, 3.63) is 58.7 Å². The zero-order valence-corrected chi connectivity index (χ0v) is 13.1. The number of hydrogen-bond acceptors (Lipinski definition) is 3. The van der Waals surface area contributed by atoms with Gasteiger partial charge in [0.05, 0.1) is 16.2 Å². The lowest BCUT2D eigenvalue weighted by molar-refractivity contribution is 0.210. The first kappa shape index (κ1) is 15.4. The van der Waals surface area contributed by atoms with Crippen molar-refractivity contribution in [1.82, 2.24) is 4.98 Å². The minimum absolute atomic E-state index is 0.375. The van der Waals surface area contributed by atoms with E-state index in [2.05, 4.69) is 10.3 Å². The van der Waals surface area contributed by atoms with Crippen molar-refractivity contribution in [3.8, 4) is 22.8 Å². The van der Waals surface area contributed by atoms with Gasteiger partial charge in [-0.1, -0.05) is 29.3 Å². The molecule has 0 saturated heterocycles. The van der Waals surface area contributed by atoms with E-state index in [1.165, 1.54) is 0 Å². The van der Waals surface area contributed by atoms with Gasteiger partial charge in [-0.2, -0.15) is 0 Å². The van der Waals surface area contributed by atoms with E-state index in [1.807, 2.05) is 0 Å². The van der Waals surface area contributed by atoms with E-state index in [0.29, 0.717) is 32.9 Å². The van der Waals surface area contributed by atoms with Gasteiger partial charge in [0.1, 0.15) is 0 Å². The molecule has 2 aromatic carbocycles. The zero-order valence-electron chi connectivity index (χ0n) is 11.6. The van der Waals surface area contributed by atoms with Crippen LogP contribution in [0.3, 0.4) is 0 Å². The van der Waals surface area contributed by atoms with Crippen LogP contribution >= 0.6 is 23.2 Å². The van der Waals surface area contributed by atoms with Crippen LogP contribution in [0.15, 0.2) is 53.1 Å². The smallest absolute Gasteiger partial charge is 0.409 e. The van der Waals surface area contributed by atoms with Crippen LogP contribution in [-0.4, -0.2) is 16.2 Å². The molecule has 0 radical (unpaired) electrons. The number of aromatic nitrogens is 1. The summed E-state index contributed by atoms with van der Waals surface area (Å²) in [6.45, 7) is 0. The second kappa shape index (κ2) is 6.32. The van der Waals surface area contributed by atoms with E-state index in [1.54, 1.807) is 48.7 Å². The summed E-state index contributed by atoms with van der Waals surface area (Å²) in [5.74, 6) is 0.912. The highest BCUT2D eigenvalue weighted by molar-refractivity contribution is 6.42. The Morgan fingerprint density at radius 1 is 1.09 bits per heavy atom. The van der Waals surface area contributed by atoms with Crippen LogP contribution in [0.2, 0.25) is 10.0 Å². The van der Waals surface area contributed by atoms with Crippen molar-refractivity contribution >= 4 is 35.0 Å². The minimum atomic E-state index is -1.13. The highest BCUT2D eigenvalue weighted by Crippen LogP contribution is 2.31. The molecule has 116 valence electrons. The van der Waals surface area contributed by atoms with Gasteiger partial charge < -0.3 is 9.52 Å². The molecule has 1 amide bonds. The van der Waals surface area contributed by atoms with E-state index in [-0.39, 0.29) is 0 Å². The third-order valence-electron chi connectivity index (χ3n) is 3.07. The zero-order chi connectivity index (χ0) is 16.4. The lowest BCUT2D eigenvalue weighted by Crippen LogP contribution is -2.06. The maximum Gasteiger partial charge on any atom is 0.409 e. The number of rotatable bonds is 3. The topological polar surface area (TPSA) is 75.4 Å². The molecule has 1 heterocycles. The molecule has 0 aliphatic heterocycles. The van der Waals surface area contributed by atoms with Gasteiger partial charge in [0.2, 0.25) is 5.89 Å². The summed E-state index contributed by atoms with van der Waals surface area (Å²) in [5.41, 5.74) is 1.84. The number of amides is 1. The number of anilines is 1. The van der Waals surface area contributed by atoms with Gasteiger partial charge >= 0.3 is 6.09 Å². The fraction of sp³-hybridized carbons (Fsp3) is 0. The van der Waals surface area contributed by atoms with Crippen LogP contribution in [0.5, 0.6) is 0 Å². The molecule has 2 N–H and O–H groups in total. The van der Waals surface area contributed by atoms with Crippen LogP contribution in [0.25, 0.3) is 22.8 Å². The van der Waals surface area contributed by atoms with E-state index in [0.717, 1.165) is 5.56 Å². The Kier molecular flexibility index (Phi) is 4.23. The Hall–Kier alpha value is -2.50. The van der Waals surface area contributed by atoms with Crippen molar-refractivity contribution in [2.45, 2.75) is 0 Å². The van der Waals surface area contributed by atoms with Gasteiger partial charge in [-0.05, 0) is 36.4 Å². The first-order valence-electron chi connectivity index (χ1n) is 6.54. The molecule has 0 aliphatic rings. The van der Waals surface area contributed by atoms with Gasteiger partial charge in [-0.3, -0.25) is 5.32 Å². The molecule has 3 aromatic rings. The summed E-state index contributed by atoms with van der Waals surface area (Å²) >= 11 is 11.9. The van der Waals surface area contributed by atoms with Gasteiger partial charge in [-0.15, -0.1) is 0 Å². The number of benzene rings is 2. The molecule has 23 heavy (non-hydrogen) atoms. The molecule has 7 heteroatoms. The normalized spacial score (nSPS) is 10.5. The van der Waals surface area contributed by atoms with Crippen molar-refractivity contribution < 1.29 is 14.3 Å². The van der Waals surface area contributed by atoms with Gasteiger partial charge in [-0.25, -0.2) is 9.78 Å². The van der Waals surface area contributed by atoms with Gasteiger partial charge in [0.25, 0.3) is 0 Å². The molecule has 0 saturated carbocycles. The quantitative estimate of drug-likeness (QED) is 0.663. The second-order valence-corrected chi connectivity index (χ2v) is 5.48. The largest absolute Gasteiger partial charge is 0.465 e.